The molecule has 3 aliphatic heterocycles. The molecule has 6 nitrogen and oxygen atoms in total. The molecular formula is C30H41N3O3. The number of aliphatic hydroxyl groups excluding tert-OH is 1. The van der Waals surface area contributed by atoms with Crippen molar-refractivity contribution in [3.63, 3.8) is 0 Å². The topological polar surface area (TPSA) is 56.3 Å². The van der Waals surface area contributed by atoms with Crippen LogP contribution in [0.1, 0.15) is 47.5 Å². The van der Waals surface area contributed by atoms with E-state index in [0.29, 0.717) is 17.5 Å². The minimum absolute atomic E-state index is 0.0170. The second kappa shape index (κ2) is 11.4. The summed E-state index contributed by atoms with van der Waals surface area (Å²) >= 11 is 0. The van der Waals surface area contributed by atoms with Crippen LogP contribution in [0.3, 0.4) is 0 Å². The first-order chi connectivity index (χ1) is 17.5. The molecule has 6 heteroatoms. The summed E-state index contributed by atoms with van der Waals surface area (Å²) in [5.74, 6) is 1.11. The summed E-state index contributed by atoms with van der Waals surface area (Å²) in [6.45, 7) is 6.53. The minimum Gasteiger partial charge on any atom is -0.395 e. The van der Waals surface area contributed by atoms with E-state index >= 15 is 0 Å². The highest BCUT2D eigenvalue weighted by Crippen LogP contribution is 2.42. The molecule has 3 fully saturated rings. The SMILES string of the molecule is CN(C)C(=O)c1cccc(-c2ccc([C@@H]3[C@@H](CO)N4CCCCN(CC5CCOCC5)C[C@H]34)cc2)c1. The van der Waals surface area contributed by atoms with E-state index in [0.717, 1.165) is 43.3 Å². The highest BCUT2D eigenvalue weighted by Gasteiger charge is 2.49. The van der Waals surface area contributed by atoms with Gasteiger partial charge in [-0.05, 0) is 73.5 Å². The minimum atomic E-state index is 0.0170. The van der Waals surface area contributed by atoms with Crippen molar-refractivity contribution in [2.45, 2.75) is 43.7 Å². The van der Waals surface area contributed by atoms with Crippen molar-refractivity contribution >= 4 is 5.91 Å². The van der Waals surface area contributed by atoms with Crippen molar-refractivity contribution in [1.82, 2.24) is 14.7 Å². The second-order valence-electron chi connectivity index (χ2n) is 11.0. The monoisotopic (exact) mass is 491 g/mol. The maximum atomic E-state index is 12.4. The Hall–Kier alpha value is -2.25. The molecule has 1 N–H and O–H groups in total. The van der Waals surface area contributed by atoms with Crippen LogP contribution in [0.25, 0.3) is 11.1 Å². The van der Waals surface area contributed by atoms with Crippen LogP contribution >= 0.6 is 0 Å². The summed E-state index contributed by atoms with van der Waals surface area (Å²) < 4.78 is 5.58. The van der Waals surface area contributed by atoms with Crippen LogP contribution in [0.15, 0.2) is 48.5 Å². The Morgan fingerprint density at radius 3 is 2.50 bits per heavy atom. The van der Waals surface area contributed by atoms with Gasteiger partial charge in [0.05, 0.1) is 6.61 Å². The number of amides is 1. The Kier molecular flexibility index (Phi) is 8.06. The molecule has 3 aliphatic rings. The standard InChI is InChI=1S/C30H41N3O3/c1-31(2)30(35)26-7-5-6-25(18-26)23-8-10-24(11-9-23)29-27-20-32(19-22-12-16-36-17-13-22)14-3-4-15-33(27)28(29)21-34/h5-11,18,22,27-29,34H,3-4,12-17,19-21H2,1-2H3/t27-,28-,29+/m1/s1. The Balaban J connectivity index is 1.32. The van der Waals surface area contributed by atoms with Crippen LogP contribution < -0.4 is 0 Å². The number of ether oxygens (including phenoxy) is 1. The molecule has 3 heterocycles. The lowest BCUT2D eigenvalue weighted by molar-refractivity contribution is -0.0677. The molecule has 3 atom stereocenters. The lowest BCUT2D eigenvalue weighted by Gasteiger charge is -2.57. The van der Waals surface area contributed by atoms with Gasteiger partial charge in [-0.2, -0.15) is 0 Å². The van der Waals surface area contributed by atoms with Gasteiger partial charge in [0, 0.05) is 64.0 Å². The number of nitrogens with zero attached hydrogens (tertiary/aromatic N) is 3. The van der Waals surface area contributed by atoms with Gasteiger partial charge < -0.3 is 19.6 Å². The smallest absolute Gasteiger partial charge is 0.253 e. The van der Waals surface area contributed by atoms with Crippen LogP contribution in [-0.2, 0) is 4.74 Å². The lowest BCUT2D eigenvalue weighted by Crippen LogP contribution is -2.67. The molecule has 2 aromatic rings. The van der Waals surface area contributed by atoms with Gasteiger partial charge in [0.25, 0.3) is 5.91 Å². The maximum absolute atomic E-state index is 12.4. The van der Waals surface area contributed by atoms with Crippen molar-refractivity contribution in [2.24, 2.45) is 5.92 Å². The van der Waals surface area contributed by atoms with E-state index in [1.54, 1.807) is 19.0 Å². The lowest BCUT2D eigenvalue weighted by atomic mass is 9.74. The number of fused-ring (bicyclic) bond motifs is 1. The average Bonchev–Trinajstić information content (AvgIpc) is 2.89. The first kappa shape index (κ1) is 25.4. The highest BCUT2D eigenvalue weighted by atomic mass is 16.5. The molecular weight excluding hydrogens is 450 g/mol. The van der Waals surface area contributed by atoms with Gasteiger partial charge in [0.2, 0.25) is 0 Å². The zero-order valence-electron chi connectivity index (χ0n) is 21.8. The van der Waals surface area contributed by atoms with E-state index in [-0.39, 0.29) is 18.6 Å². The third kappa shape index (κ3) is 5.37. The zero-order chi connectivity index (χ0) is 25.1. The molecule has 36 heavy (non-hydrogen) atoms. The van der Waals surface area contributed by atoms with E-state index in [2.05, 4.69) is 40.1 Å². The average molecular weight is 492 g/mol. The number of rotatable bonds is 6. The zero-order valence-corrected chi connectivity index (χ0v) is 21.8. The number of hydrogen-bond acceptors (Lipinski definition) is 5. The van der Waals surface area contributed by atoms with E-state index in [1.807, 2.05) is 18.2 Å². The van der Waals surface area contributed by atoms with Crippen LogP contribution in [0, 0.1) is 5.92 Å². The Labute approximate surface area is 215 Å². The van der Waals surface area contributed by atoms with Gasteiger partial charge in [-0.3, -0.25) is 9.69 Å². The molecule has 0 unspecified atom stereocenters. The van der Waals surface area contributed by atoms with Crippen LogP contribution in [0.5, 0.6) is 0 Å². The molecule has 0 aromatic heterocycles. The Morgan fingerprint density at radius 2 is 1.78 bits per heavy atom. The fraction of sp³-hybridized carbons (Fsp3) is 0.567. The maximum Gasteiger partial charge on any atom is 0.253 e. The molecule has 5 rings (SSSR count). The summed E-state index contributed by atoms with van der Waals surface area (Å²) in [6.07, 6.45) is 4.79. The molecule has 0 saturated carbocycles. The largest absolute Gasteiger partial charge is 0.395 e. The van der Waals surface area contributed by atoms with Gasteiger partial charge in [-0.1, -0.05) is 36.4 Å². The van der Waals surface area contributed by atoms with E-state index in [9.17, 15) is 9.90 Å². The third-order valence-electron chi connectivity index (χ3n) is 8.46. The number of benzene rings is 2. The van der Waals surface area contributed by atoms with Gasteiger partial charge in [-0.15, -0.1) is 0 Å². The van der Waals surface area contributed by atoms with Crippen molar-refractivity contribution in [2.75, 3.05) is 60.1 Å². The predicted molar refractivity (Wildman–Crippen MR) is 143 cm³/mol. The normalized spacial score (nSPS) is 25.9. The van der Waals surface area contributed by atoms with Gasteiger partial charge in [0.1, 0.15) is 0 Å². The first-order valence-corrected chi connectivity index (χ1v) is 13.6. The summed E-state index contributed by atoms with van der Waals surface area (Å²) in [5, 5.41) is 10.3. The highest BCUT2D eigenvalue weighted by molar-refractivity contribution is 5.95. The fourth-order valence-corrected chi connectivity index (χ4v) is 6.46. The summed E-state index contributed by atoms with van der Waals surface area (Å²) in [4.78, 5) is 19.3. The number of carbonyl (C=O) groups excluding carboxylic acids is 1. The van der Waals surface area contributed by atoms with Crippen LogP contribution in [0.4, 0.5) is 0 Å². The van der Waals surface area contributed by atoms with Crippen molar-refractivity contribution in [1.29, 1.82) is 0 Å². The van der Waals surface area contributed by atoms with Crippen molar-refractivity contribution in [3.8, 4) is 11.1 Å². The van der Waals surface area contributed by atoms with Gasteiger partial charge in [-0.25, -0.2) is 0 Å². The summed E-state index contributed by atoms with van der Waals surface area (Å²) in [5.41, 5.74) is 4.18. The van der Waals surface area contributed by atoms with Gasteiger partial charge >= 0.3 is 0 Å². The molecule has 0 spiro atoms. The summed E-state index contributed by atoms with van der Waals surface area (Å²) in [7, 11) is 3.56. The van der Waals surface area contributed by atoms with Crippen molar-refractivity contribution < 1.29 is 14.6 Å². The van der Waals surface area contributed by atoms with E-state index < -0.39 is 0 Å². The number of carbonyl (C=O) groups is 1. The second-order valence-corrected chi connectivity index (χ2v) is 11.0. The number of aliphatic hydroxyl groups is 1. The first-order valence-electron chi connectivity index (χ1n) is 13.6. The van der Waals surface area contributed by atoms with Crippen molar-refractivity contribution in [3.05, 3.63) is 59.7 Å². The molecule has 2 aromatic carbocycles. The number of hydrogen-bond donors (Lipinski definition) is 1. The molecule has 1 amide bonds. The van der Waals surface area contributed by atoms with Crippen LogP contribution in [-0.4, -0.2) is 97.9 Å². The molecule has 194 valence electrons. The fourth-order valence-electron chi connectivity index (χ4n) is 6.46. The summed E-state index contributed by atoms with van der Waals surface area (Å²) in [6, 6.07) is 17.3. The van der Waals surface area contributed by atoms with Crippen LogP contribution in [0.2, 0.25) is 0 Å². The quantitative estimate of drug-likeness (QED) is 0.668. The van der Waals surface area contributed by atoms with Gasteiger partial charge in [0.15, 0.2) is 0 Å². The van der Waals surface area contributed by atoms with E-state index in [1.165, 1.54) is 44.3 Å². The Bertz CT molecular complexity index is 1020. The third-order valence-corrected chi connectivity index (χ3v) is 8.46. The molecule has 0 radical (unpaired) electrons. The molecule has 3 saturated heterocycles. The molecule has 0 aliphatic carbocycles. The predicted octanol–water partition coefficient (Wildman–Crippen LogP) is 3.71. The van der Waals surface area contributed by atoms with E-state index in [4.69, 9.17) is 4.74 Å². The molecule has 0 bridgehead atoms. The Morgan fingerprint density at radius 1 is 1.03 bits per heavy atom.